The van der Waals surface area contributed by atoms with Crippen molar-refractivity contribution in [3.8, 4) is 0 Å². The molecule has 1 unspecified atom stereocenters. The lowest BCUT2D eigenvalue weighted by molar-refractivity contribution is 0.0168. The fourth-order valence-corrected chi connectivity index (χ4v) is 3.64. The molecule has 1 aromatic rings. The van der Waals surface area contributed by atoms with E-state index < -0.39 is 0 Å². The van der Waals surface area contributed by atoms with Crippen molar-refractivity contribution in [1.29, 1.82) is 0 Å². The van der Waals surface area contributed by atoms with Crippen molar-refractivity contribution in [2.75, 3.05) is 66.7 Å². The van der Waals surface area contributed by atoms with Crippen LogP contribution in [0.15, 0.2) is 29.3 Å². The topological polar surface area (TPSA) is 49.3 Å². The first-order valence-corrected chi connectivity index (χ1v) is 10.5. The zero-order valence-corrected chi connectivity index (χ0v) is 17.7. The van der Waals surface area contributed by atoms with Crippen LogP contribution in [-0.4, -0.2) is 82.5 Å². The summed E-state index contributed by atoms with van der Waals surface area (Å²) in [5, 5.41) is 3.58. The number of morpholine rings is 1. The van der Waals surface area contributed by atoms with E-state index >= 15 is 0 Å². The molecule has 6 heteroatoms. The van der Waals surface area contributed by atoms with Crippen molar-refractivity contribution in [1.82, 2.24) is 15.1 Å². The molecule has 0 radical (unpaired) electrons. The van der Waals surface area contributed by atoms with Crippen molar-refractivity contribution < 1.29 is 9.47 Å². The van der Waals surface area contributed by atoms with Crippen molar-refractivity contribution in [2.45, 2.75) is 25.8 Å². The lowest BCUT2D eigenvalue weighted by Crippen LogP contribution is -2.47. The first-order valence-electron chi connectivity index (χ1n) is 10.5. The van der Waals surface area contributed by atoms with Gasteiger partial charge < -0.3 is 19.7 Å². The van der Waals surface area contributed by atoms with Crippen molar-refractivity contribution in [3.63, 3.8) is 0 Å². The van der Waals surface area contributed by atoms with E-state index in [2.05, 4.69) is 58.3 Å². The summed E-state index contributed by atoms with van der Waals surface area (Å²) in [6, 6.07) is 9.13. The van der Waals surface area contributed by atoms with E-state index in [4.69, 9.17) is 9.47 Å². The van der Waals surface area contributed by atoms with Gasteiger partial charge in [0.2, 0.25) is 0 Å². The molecule has 1 aliphatic heterocycles. The molecule has 6 nitrogen and oxygen atoms in total. The maximum atomic E-state index is 5.78. The predicted molar refractivity (Wildman–Crippen MR) is 114 cm³/mol. The van der Waals surface area contributed by atoms with Gasteiger partial charge in [-0.3, -0.25) is 9.89 Å². The third kappa shape index (κ3) is 6.47. The van der Waals surface area contributed by atoms with E-state index in [1.54, 1.807) is 0 Å². The van der Waals surface area contributed by atoms with Gasteiger partial charge in [0.25, 0.3) is 0 Å². The molecule has 1 aromatic carbocycles. The highest BCUT2D eigenvalue weighted by molar-refractivity contribution is 5.79. The number of nitrogens with zero attached hydrogens (tertiary/aromatic N) is 3. The lowest BCUT2D eigenvalue weighted by atomic mass is 10.0. The van der Waals surface area contributed by atoms with Crippen LogP contribution in [0.1, 0.15) is 30.0 Å². The SMILES string of the molecule is CN=C(NCC(c1cccc(C)c1)N1CCOCC1)N(C)CCOCC1CC1. The average molecular weight is 389 g/mol. The smallest absolute Gasteiger partial charge is 0.193 e. The number of nitrogens with one attached hydrogen (secondary N) is 1. The summed E-state index contributed by atoms with van der Waals surface area (Å²) in [5.74, 6) is 1.73. The number of benzene rings is 1. The highest BCUT2D eigenvalue weighted by Gasteiger charge is 2.24. The van der Waals surface area contributed by atoms with Gasteiger partial charge in [-0.25, -0.2) is 0 Å². The molecule has 1 atom stereocenters. The van der Waals surface area contributed by atoms with Gasteiger partial charge in [0.15, 0.2) is 5.96 Å². The second kappa shape index (κ2) is 10.8. The van der Waals surface area contributed by atoms with E-state index in [0.29, 0.717) is 6.04 Å². The van der Waals surface area contributed by atoms with Gasteiger partial charge in [0, 0.05) is 46.9 Å². The summed E-state index contributed by atoms with van der Waals surface area (Å²) in [7, 11) is 3.92. The molecule has 1 N–H and O–H groups in total. The van der Waals surface area contributed by atoms with Gasteiger partial charge in [-0.05, 0) is 31.2 Å². The minimum Gasteiger partial charge on any atom is -0.379 e. The van der Waals surface area contributed by atoms with Crippen LogP contribution in [0.2, 0.25) is 0 Å². The Kier molecular flexibility index (Phi) is 8.13. The summed E-state index contributed by atoms with van der Waals surface area (Å²) < 4.78 is 11.3. The number of hydrogen-bond donors (Lipinski definition) is 1. The lowest BCUT2D eigenvalue weighted by Gasteiger charge is -2.36. The highest BCUT2D eigenvalue weighted by atomic mass is 16.5. The van der Waals surface area contributed by atoms with Crippen molar-refractivity contribution >= 4 is 5.96 Å². The van der Waals surface area contributed by atoms with Gasteiger partial charge >= 0.3 is 0 Å². The van der Waals surface area contributed by atoms with Crippen molar-refractivity contribution in [2.24, 2.45) is 10.9 Å². The fraction of sp³-hybridized carbons (Fsp3) is 0.682. The largest absolute Gasteiger partial charge is 0.379 e. The van der Waals surface area contributed by atoms with Gasteiger partial charge in [0.05, 0.1) is 25.9 Å². The van der Waals surface area contributed by atoms with Crippen LogP contribution >= 0.6 is 0 Å². The standard InChI is InChI=1S/C22H36N4O2/c1-18-5-4-6-20(15-18)21(26-10-13-27-14-11-26)16-24-22(23-2)25(3)9-12-28-17-19-7-8-19/h4-6,15,19,21H,7-14,16-17H2,1-3H3,(H,23,24). The zero-order valence-electron chi connectivity index (χ0n) is 17.7. The second-order valence-corrected chi connectivity index (χ2v) is 7.95. The summed E-state index contributed by atoms with van der Waals surface area (Å²) in [4.78, 5) is 9.14. The van der Waals surface area contributed by atoms with Crippen molar-refractivity contribution in [3.05, 3.63) is 35.4 Å². The average Bonchev–Trinajstić information content (AvgIpc) is 3.54. The molecule has 28 heavy (non-hydrogen) atoms. The first kappa shape index (κ1) is 21.1. The van der Waals surface area contributed by atoms with E-state index in [0.717, 1.165) is 64.5 Å². The van der Waals surface area contributed by atoms with Gasteiger partial charge in [0.1, 0.15) is 0 Å². The molecule has 0 amide bonds. The van der Waals surface area contributed by atoms with E-state index in [1.807, 2.05) is 7.05 Å². The van der Waals surface area contributed by atoms with Crippen LogP contribution in [0.3, 0.4) is 0 Å². The van der Waals surface area contributed by atoms with Gasteiger partial charge in [-0.1, -0.05) is 29.8 Å². The van der Waals surface area contributed by atoms with E-state index in [9.17, 15) is 0 Å². The molecule has 2 aliphatic rings. The molecule has 0 spiro atoms. The maximum absolute atomic E-state index is 5.78. The van der Waals surface area contributed by atoms with Gasteiger partial charge in [-0.15, -0.1) is 0 Å². The van der Waals surface area contributed by atoms with Crippen LogP contribution in [0.5, 0.6) is 0 Å². The Morgan fingerprint density at radius 1 is 1.36 bits per heavy atom. The Labute approximate surface area is 169 Å². The Balaban J connectivity index is 1.55. The molecule has 0 bridgehead atoms. The molecule has 0 aromatic heterocycles. The van der Waals surface area contributed by atoms with Gasteiger partial charge in [-0.2, -0.15) is 0 Å². The first-order chi connectivity index (χ1) is 13.7. The molecule has 1 saturated heterocycles. The van der Waals surface area contributed by atoms with Crippen LogP contribution in [0.25, 0.3) is 0 Å². The van der Waals surface area contributed by atoms with E-state index in [1.165, 1.54) is 24.0 Å². The third-order valence-corrected chi connectivity index (χ3v) is 5.56. The van der Waals surface area contributed by atoms with Crippen LogP contribution in [0, 0.1) is 12.8 Å². The molecule has 2 fully saturated rings. The number of aliphatic imine (C=N–C) groups is 1. The fourth-order valence-electron chi connectivity index (χ4n) is 3.64. The quantitative estimate of drug-likeness (QED) is 0.400. The van der Waals surface area contributed by atoms with Crippen LogP contribution in [0.4, 0.5) is 0 Å². The summed E-state index contributed by atoms with van der Waals surface area (Å²) in [5.41, 5.74) is 2.64. The maximum Gasteiger partial charge on any atom is 0.193 e. The minimum absolute atomic E-state index is 0.306. The molecule has 1 saturated carbocycles. The summed E-state index contributed by atoms with van der Waals surface area (Å²) in [6.07, 6.45) is 2.67. The molecule has 156 valence electrons. The number of likely N-dealkylation sites (N-methyl/N-ethyl adjacent to an activating group) is 1. The highest BCUT2D eigenvalue weighted by Crippen LogP contribution is 2.28. The number of rotatable bonds is 9. The number of ether oxygens (including phenoxy) is 2. The Hall–Kier alpha value is -1.63. The monoisotopic (exact) mass is 388 g/mol. The summed E-state index contributed by atoms with van der Waals surface area (Å²) >= 11 is 0. The molecular formula is C22H36N4O2. The number of aryl methyl sites for hydroxylation is 1. The Morgan fingerprint density at radius 2 is 2.14 bits per heavy atom. The number of hydrogen-bond acceptors (Lipinski definition) is 4. The molecule has 1 heterocycles. The second-order valence-electron chi connectivity index (χ2n) is 7.95. The minimum atomic E-state index is 0.306. The zero-order chi connectivity index (χ0) is 19.8. The predicted octanol–water partition coefficient (Wildman–Crippen LogP) is 2.30. The van der Waals surface area contributed by atoms with Crippen LogP contribution in [-0.2, 0) is 9.47 Å². The Morgan fingerprint density at radius 3 is 2.82 bits per heavy atom. The normalized spacial score (nSPS) is 19.5. The third-order valence-electron chi connectivity index (χ3n) is 5.56. The molecular weight excluding hydrogens is 352 g/mol. The number of guanidine groups is 1. The van der Waals surface area contributed by atoms with E-state index in [-0.39, 0.29) is 0 Å². The molecule has 3 rings (SSSR count). The Bertz CT molecular complexity index is 627. The van der Waals surface area contributed by atoms with Crippen LogP contribution < -0.4 is 5.32 Å². The summed E-state index contributed by atoms with van der Waals surface area (Å²) in [6.45, 7) is 9.01. The molecule has 1 aliphatic carbocycles.